The standard InChI is InChI=1S/C13H22O3/c1-11(2)7-8-13(16,9-11)12(10(14)15)5-3-4-6-12/h16H,3-9H2,1-2H3,(H,14,15). The van der Waals surface area contributed by atoms with Crippen LogP contribution in [0, 0.1) is 10.8 Å². The van der Waals surface area contributed by atoms with Crippen molar-refractivity contribution in [3.8, 4) is 0 Å². The first-order chi connectivity index (χ1) is 7.31. The molecule has 0 aromatic rings. The first-order valence-electron chi connectivity index (χ1n) is 6.27. The molecule has 1 atom stereocenters. The summed E-state index contributed by atoms with van der Waals surface area (Å²) in [5.41, 5.74) is -1.75. The molecule has 2 rings (SSSR count). The lowest BCUT2D eigenvalue weighted by Crippen LogP contribution is -2.50. The summed E-state index contributed by atoms with van der Waals surface area (Å²) in [5, 5.41) is 20.3. The van der Waals surface area contributed by atoms with Crippen molar-refractivity contribution in [2.45, 2.75) is 64.4 Å². The molecule has 0 saturated heterocycles. The van der Waals surface area contributed by atoms with Gasteiger partial charge in [-0.05, 0) is 37.5 Å². The molecule has 2 aliphatic carbocycles. The van der Waals surface area contributed by atoms with Crippen molar-refractivity contribution in [2.24, 2.45) is 10.8 Å². The van der Waals surface area contributed by atoms with E-state index in [2.05, 4.69) is 13.8 Å². The third-order valence-corrected chi connectivity index (χ3v) is 4.74. The Kier molecular flexibility index (Phi) is 2.57. The predicted octanol–water partition coefficient (Wildman–Crippen LogP) is 2.57. The van der Waals surface area contributed by atoms with Crippen LogP contribution in [-0.2, 0) is 4.79 Å². The van der Waals surface area contributed by atoms with Gasteiger partial charge in [0, 0.05) is 0 Å². The average molecular weight is 226 g/mol. The Morgan fingerprint density at radius 3 is 2.00 bits per heavy atom. The summed E-state index contributed by atoms with van der Waals surface area (Å²) in [6, 6.07) is 0. The Hall–Kier alpha value is -0.570. The predicted molar refractivity (Wildman–Crippen MR) is 61.1 cm³/mol. The Labute approximate surface area is 96.9 Å². The summed E-state index contributed by atoms with van der Waals surface area (Å²) in [6.07, 6.45) is 5.38. The second-order valence-electron chi connectivity index (χ2n) is 6.47. The van der Waals surface area contributed by atoms with Crippen molar-refractivity contribution >= 4 is 5.97 Å². The zero-order valence-corrected chi connectivity index (χ0v) is 10.3. The molecule has 92 valence electrons. The van der Waals surface area contributed by atoms with E-state index in [4.69, 9.17) is 0 Å². The molecule has 0 bridgehead atoms. The van der Waals surface area contributed by atoms with Gasteiger partial charge in [-0.3, -0.25) is 4.79 Å². The fraction of sp³-hybridized carbons (Fsp3) is 0.923. The number of aliphatic carboxylic acids is 1. The summed E-state index contributed by atoms with van der Waals surface area (Å²) in [7, 11) is 0. The molecule has 0 aliphatic heterocycles. The van der Waals surface area contributed by atoms with Gasteiger partial charge in [0.2, 0.25) is 0 Å². The van der Waals surface area contributed by atoms with Gasteiger partial charge in [-0.15, -0.1) is 0 Å². The highest BCUT2D eigenvalue weighted by molar-refractivity contribution is 5.77. The van der Waals surface area contributed by atoms with Crippen LogP contribution in [0.1, 0.15) is 58.8 Å². The van der Waals surface area contributed by atoms with Gasteiger partial charge < -0.3 is 10.2 Å². The van der Waals surface area contributed by atoms with E-state index >= 15 is 0 Å². The monoisotopic (exact) mass is 226 g/mol. The number of carboxylic acids is 1. The molecule has 0 heterocycles. The minimum Gasteiger partial charge on any atom is -0.481 e. The zero-order chi connectivity index (χ0) is 12.0. The number of carbonyl (C=O) groups is 1. The van der Waals surface area contributed by atoms with Gasteiger partial charge in [0.05, 0.1) is 11.0 Å². The fourth-order valence-corrected chi connectivity index (χ4v) is 3.78. The fourth-order valence-electron chi connectivity index (χ4n) is 3.78. The SMILES string of the molecule is CC1(C)CCC(O)(C2(C(=O)O)CCCC2)C1. The van der Waals surface area contributed by atoms with Gasteiger partial charge in [0.1, 0.15) is 0 Å². The Bertz CT molecular complexity index is 302. The van der Waals surface area contributed by atoms with E-state index in [-0.39, 0.29) is 5.41 Å². The first-order valence-corrected chi connectivity index (χ1v) is 6.27. The largest absolute Gasteiger partial charge is 0.481 e. The molecule has 3 nitrogen and oxygen atoms in total. The molecule has 0 spiro atoms. The second-order valence-corrected chi connectivity index (χ2v) is 6.47. The van der Waals surface area contributed by atoms with Gasteiger partial charge in [-0.2, -0.15) is 0 Å². The summed E-state index contributed by atoms with van der Waals surface area (Å²) >= 11 is 0. The molecule has 0 radical (unpaired) electrons. The van der Waals surface area contributed by atoms with Gasteiger partial charge in [-0.1, -0.05) is 26.7 Å². The Balaban J connectivity index is 2.31. The number of rotatable bonds is 2. The maximum Gasteiger partial charge on any atom is 0.312 e. The maximum absolute atomic E-state index is 11.6. The summed E-state index contributed by atoms with van der Waals surface area (Å²) in [6.45, 7) is 4.24. The number of aliphatic hydroxyl groups is 1. The van der Waals surface area contributed by atoms with Gasteiger partial charge in [-0.25, -0.2) is 0 Å². The quantitative estimate of drug-likeness (QED) is 0.760. The summed E-state index contributed by atoms with van der Waals surface area (Å²) < 4.78 is 0. The maximum atomic E-state index is 11.6. The molecule has 3 heteroatoms. The van der Waals surface area contributed by atoms with Crippen molar-refractivity contribution in [3.05, 3.63) is 0 Å². The van der Waals surface area contributed by atoms with Crippen LogP contribution >= 0.6 is 0 Å². The van der Waals surface area contributed by atoms with Crippen molar-refractivity contribution in [1.29, 1.82) is 0 Å². The van der Waals surface area contributed by atoms with Gasteiger partial charge in [0.25, 0.3) is 0 Å². The smallest absolute Gasteiger partial charge is 0.312 e. The van der Waals surface area contributed by atoms with Crippen LogP contribution in [0.5, 0.6) is 0 Å². The Morgan fingerprint density at radius 1 is 1.06 bits per heavy atom. The molecule has 16 heavy (non-hydrogen) atoms. The molecule has 2 saturated carbocycles. The van der Waals surface area contributed by atoms with E-state index in [0.717, 1.165) is 19.3 Å². The second kappa shape index (κ2) is 3.46. The third-order valence-electron chi connectivity index (χ3n) is 4.74. The van der Waals surface area contributed by atoms with Crippen LogP contribution in [0.3, 0.4) is 0 Å². The number of carboxylic acid groups (broad SMARTS) is 1. The molecule has 1 unspecified atom stereocenters. The Morgan fingerprint density at radius 2 is 1.62 bits per heavy atom. The molecule has 0 amide bonds. The van der Waals surface area contributed by atoms with Crippen molar-refractivity contribution in [2.75, 3.05) is 0 Å². The lowest BCUT2D eigenvalue weighted by molar-refractivity contribution is -0.169. The lowest BCUT2D eigenvalue weighted by Gasteiger charge is -2.40. The zero-order valence-electron chi connectivity index (χ0n) is 10.3. The van der Waals surface area contributed by atoms with Crippen LogP contribution in [0.15, 0.2) is 0 Å². The minimum absolute atomic E-state index is 0.0831. The van der Waals surface area contributed by atoms with Crippen LogP contribution in [0.4, 0.5) is 0 Å². The van der Waals surface area contributed by atoms with Crippen molar-refractivity contribution < 1.29 is 15.0 Å². The highest BCUT2D eigenvalue weighted by Crippen LogP contribution is 2.57. The van der Waals surface area contributed by atoms with E-state index < -0.39 is 17.0 Å². The molecule has 2 aliphatic rings. The normalized spacial score (nSPS) is 36.4. The van der Waals surface area contributed by atoms with E-state index in [1.54, 1.807) is 0 Å². The highest BCUT2D eigenvalue weighted by atomic mass is 16.4. The lowest BCUT2D eigenvalue weighted by atomic mass is 9.68. The molecular formula is C13H22O3. The molecule has 2 fully saturated rings. The van der Waals surface area contributed by atoms with Crippen molar-refractivity contribution in [3.63, 3.8) is 0 Å². The van der Waals surface area contributed by atoms with E-state index in [9.17, 15) is 15.0 Å². The minimum atomic E-state index is -0.973. The van der Waals surface area contributed by atoms with Gasteiger partial charge in [0.15, 0.2) is 0 Å². The molecule has 0 aromatic heterocycles. The van der Waals surface area contributed by atoms with E-state index in [1.165, 1.54) is 0 Å². The first kappa shape index (κ1) is 11.9. The molecule has 2 N–H and O–H groups in total. The van der Waals surface area contributed by atoms with Crippen LogP contribution < -0.4 is 0 Å². The van der Waals surface area contributed by atoms with E-state index in [1.807, 2.05) is 0 Å². The number of hydrogen-bond acceptors (Lipinski definition) is 2. The van der Waals surface area contributed by atoms with Gasteiger partial charge >= 0.3 is 5.97 Å². The van der Waals surface area contributed by atoms with Crippen molar-refractivity contribution in [1.82, 2.24) is 0 Å². The topological polar surface area (TPSA) is 57.5 Å². The summed E-state index contributed by atoms with van der Waals surface area (Å²) in [4.78, 5) is 11.6. The molecule has 0 aromatic carbocycles. The third kappa shape index (κ3) is 1.56. The van der Waals surface area contributed by atoms with Crippen LogP contribution in [0.25, 0.3) is 0 Å². The number of hydrogen-bond donors (Lipinski definition) is 2. The highest BCUT2D eigenvalue weighted by Gasteiger charge is 2.60. The summed E-state index contributed by atoms with van der Waals surface area (Å²) in [5.74, 6) is -0.787. The van der Waals surface area contributed by atoms with E-state index in [0.29, 0.717) is 25.7 Å². The average Bonchev–Trinajstić information content (AvgIpc) is 2.72. The molecular weight excluding hydrogens is 204 g/mol. The van der Waals surface area contributed by atoms with Crippen LogP contribution in [-0.4, -0.2) is 21.8 Å². The van der Waals surface area contributed by atoms with Crippen LogP contribution in [0.2, 0.25) is 0 Å².